The first-order chi connectivity index (χ1) is 6.63. The molecule has 0 amide bonds. The smallest absolute Gasteiger partial charge is 0.311 e. The number of hydrogen-bond acceptors (Lipinski definition) is 3. The summed E-state index contributed by atoms with van der Waals surface area (Å²) in [7, 11) is 0. The highest BCUT2D eigenvalue weighted by Gasteiger charge is 2.09. The largest absolute Gasteiger partial charge is 0.481 e. The molecule has 72 valence electrons. The van der Waals surface area contributed by atoms with E-state index in [1.807, 2.05) is 0 Å². The molecule has 3 nitrogen and oxygen atoms in total. The minimum atomic E-state index is -1.12. The molecular weight excluding hydrogens is 200 g/mol. The highest BCUT2D eigenvalue weighted by Crippen LogP contribution is 2.05. The van der Waals surface area contributed by atoms with Gasteiger partial charge in [-0.1, -0.05) is 36.5 Å². The Bertz CT molecular complexity index is 367. The number of Topliss-reactive ketones (excluding diaryl/α,β-unsaturated/α-hetero) is 1. The highest BCUT2D eigenvalue weighted by atomic mass is 32.1. The number of carbonyl (C=O) groups excluding carboxylic acids is 1. The van der Waals surface area contributed by atoms with Crippen LogP contribution in [0.2, 0.25) is 0 Å². The molecule has 0 atom stereocenters. The SMILES string of the molecule is O=C(O)CC(=O)c1ccc(C=S)cc1. The molecule has 0 saturated carbocycles. The van der Waals surface area contributed by atoms with Crippen LogP contribution in [0.5, 0.6) is 0 Å². The van der Waals surface area contributed by atoms with Crippen molar-refractivity contribution in [3.05, 3.63) is 35.4 Å². The van der Waals surface area contributed by atoms with Crippen molar-refractivity contribution in [3.63, 3.8) is 0 Å². The summed E-state index contributed by atoms with van der Waals surface area (Å²) in [5, 5.41) is 9.89. The van der Waals surface area contributed by atoms with Crippen LogP contribution in [0.1, 0.15) is 22.3 Å². The molecule has 0 aliphatic rings. The zero-order valence-electron chi connectivity index (χ0n) is 7.27. The summed E-state index contributed by atoms with van der Waals surface area (Å²) in [4.78, 5) is 21.5. The van der Waals surface area contributed by atoms with E-state index >= 15 is 0 Å². The number of aliphatic carboxylic acids is 1. The first-order valence-electron chi connectivity index (χ1n) is 3.93. The molecule has 0 bridgehead atoms. The Balaban J connectivity index is 2.81. The Kier molecular flexibility index (Phi) is 3.48. The van der Waals surface area contributed by atoms with Crippen LogP contribution in [0.15, 0.2) is 24.3 Å². The van der Waals surface area contributed by atoms with Gasteiger partial charge in [0.05, 0.1) is 0 Å². The van der Waals surface area contributed by atoms with Crippen LogP contribution >= 0.6 is 12.2 Å². The zero-order chi connectivity index (χ0) is 10.6. The summed E-state index contributed by atoms with van der Waals surface area (Å²) in [6.07, 6.45) is -0.475. The van der Waals surface area contributed by atoms with Gasteiger partial charge in [-0.15, -0.1) is 0 Å². The molecule has 0 unspecified atom stereocenters. The molecule has 0 saturated heterocycles. The van der Waals surface area contributed by atoms with Gasteiger partial charge in [-0.05, 0) is 5.56 Å². The monoisotopic (exact) mass is 208 g/mol. The van der Waals surface area contributed by atoms with E-state index in [0.29, 0.717) is 5.56 Å². The molecule has 0 radical (unpaired) electrons. The van der Waals surface area contributed by atoms with Crippen LogP contribution in [0, 0.1) is 0 Å². The van der Waals surface area contributed by atoms with Crippen LogP contribution in [-0.4, -0.2) is 22.2 Å². The molecule has 1 aromatic rings. The zero-order valence-corrected chi connectivity index (χ0v) is 8.08. The van der Waals surface area contributed by atoms with Gasteiger partial charge in [-0.2, -0.15) is 0 Å². The number of benzene rings is 1. The third-order valence-electron chi connectivity index (χ3n) is 1.68. The molecule has 1 N–H and O–H groups in total. The van der Waals surface area contributed by atoms with Gasteiger partial charge in [-0.3, -0.25) is 9.59 Å². The van der Waals surface area contributed by atoms with Gasteiger partial charge >= 0.3 is 5.97 Å². The van der Waals surface area contributed by atoms with Crippen molar-refractivity contribution in [3.8, 4) is 0 Å². The molecule has 0 fully saturated rings. The summed E-state index contributed by atoms with van der Waals surface area (Å²) in [5.41, 5.74) is 1.22. The molecule has 1 aromatic carbocycles. The maximum Gasteiger partial charge on any atom is 0.311 e. The van der Waals surface area contributed by atoms with Crippen LogP contribution in [0.25, 0.3) is 0 Å². The van der Waals surface area contributed by atoms with Crippen LogP contribution in [0.4, 0.5) is 0 Å². The van der Waals surface area contributed by atoms with E-state index in [1.165, 1.54) is 5.37 Å². The fourth-order valence-electron chi connectivity index (χ4n) is 0.987. The molecule has 0 heterocycles. The van der Waals surface area contributed by atoms with Gasteiger partial charge in [-0.25, -0.2) is 0 Å². The second-order valence-corrected chi connectivity index (χ2v) is 2.97. The van der Waals surface area contributed by atoms with Gasteiger partial charge in [0, 0.05) is 10.9 Å². The number of carboxylic acids is 1. The van der Waals surface area contributed by atoms with Crippen molar-refractivity contribution in [2.24, 2.45) is 0 Å². The Hall–Kier alpha value is -1.55. The Morgan fingerprint density at radius 3 is 2.29 bits per heavy atom. The van der Waals surface area contributed by atoms with E-state index in [9.17, 15) is 9.59 Å². The number of thiocarbonyl (C=S) groups is 1. The average molecular weight is 208 g/mol. The maximum atomic E-state index is 11.2. The predicted molar refractivity (Wildman–Crippen MR) is 55.8 cm³/mol. The van der Waals surface area contributed by atoms with E-state index in [0.717, 1.165) is 5.56 Å². The maximum absolute atomic E-state index is 11.2. The van der Waals surface area contributed by atoms with Crippen LogP contribution in [-0.2, 0) is 4.79 Å². The second-order valence-electron chi connectivity index (χ2n) is 2.73. The Morgan fingerprint density at radius 2 is 1.86 bits per heavy atom. The normalized spacial score (nSPS) is 9.43. The van der Waals surface area contributed by atoms with Crippen molar-refractivity contribution in [1.82, 2.24) is 0 Å². The summed E-state index contributed by atoms with van der Waals surface area (Å²) in [5.74, 6) is -1.51. The minimum Gasteiger partial charge on any atom is -0.481 e. The summed E-state index contributed by atoms with van der Waals surface area (Å²) in [6.45, 7) is 0. The van der Waals surface area contributed by atoms with Gasteiger partial charge in [0.25, 0.3) is 0 Å². The van der Waals surface area contributed by atoms with Crippen molar-refractivity contribution >= 4 is 29.3 Å². The number of carboxylic acid groups (broad SMARTS) is 1. The molecule has 4 heteroatoms. The van der Waals surface area contributed by atoms with E-state index in [4.69, 9.17) is 17.3 Å². The van der Waals surface area contributed by atoms with Gasteiger partial charge in [0.15, 0.2) is 5.78 Å². The van der Waals surface area contributed by atoms with Crippen LogP contribution in [0.3, 0.4) is 0 Å². The third kappa shape index (κ3) is 2.74. The lowest BCUT2D eigenvalue weighted by Gasteiger charge is -1.97. The standard InChI is InChI=1S/C10H8O3S/c11-9(5-10(12)13)8-3-1-7(6-14)2-4-8/h1-4,6H,5H2,(H,12,13). The first kappa shape index (κ1) is 10.5. The van der Waals surface area contributed by atoms with Crippen molar-refractivity contribution < 1.29 is 14.7 Å². The molecular formula is C10H8O3S. The van der Waals surface area contributed by atoms with Gasteiger partial charge in [0.1, 0.15) is 6.42 Å². The molecule has 0 aliphatic heterocycles. The van der Waals surface area contributed by atoms with Gasteiger partial charge in [0.2, 0.25) is 0 Å². The van der Waals surface area contributed by atoms with Crippen molar-refractivity contribution in [2.75, 3.05) is 0 Å². The number of ketones is 1. The Labute approximate surface area is 86.4 Å². The van der Waals surface area contributed by atoms with Gasteiger partial charge < -0.3 is 5.11 Å². The third-order valence-corrected chi connectivity index (χ3v) is 1.95. The minimum absolute atomic E-state index is 0.395. The fraction of sp³-hybridized carbons (Fsp3) is 0.100. The van der Waals surface area contributed by atoms with E-state index in [1.54, 1.807) is 24.3 Å². The average Bonchev–Trinajstić information content (AvgIpc) is 2.17. The van der Waals surface area contributed by atoms with Crippen molar-refractivity contribution in [2.45, 2.75) is 6.42 Å². The lowest BCUT2D eigenvalue weighted by Crippen LogP contribution is -2.06. The Morgan fingerprint density at radius 1 is 1.29 bits per heavy atom. The van der Waals surface area contributed by atoms with E-state index < -0.39 is 18.2 Å². The van der Waals surface area contributed by atoms with E-state index in [2.05, 4.69) is 0 Å². The number of carbonyl (C=O) groups is 2. The fourth-order valence-corrected chi connectivity index (χ4v) is 1.14. The second kappa shape index (κ2) is 4.62. The predicted octanol–water partition coefficient (Wildman–Crippen LogP) is 1.69. The topological polar surface area (TPSA) is 54.4 Å². The molecule has 14 heavy (non-hydrogen) atoms. The highest BCUT2D eigenvalue weighted by molar-refractivity contribution is 7.79. The molecule has 0 spiro atoms. The first-order valence-corrected chi connectivity index (χ1v) is 4.41. The summed E-state index contributed by atoms with van der Waals surface area (Å²) in [6, 6.07) is 6.51. The van der Waals surface area contributed by atoms with Crippen molar-refractivity contribution in [1.29, 1.82) is 0 Å². The summed E-state index contributed by atoms with van der Waals surface area (Å²) >= 11 is 4.69. The molecule has 1 rings (SSSR count). The quantitative estimate of drug-likeness (QED) is 0.465. The lowest BCUT2D eigenvalue weighted by atomic mass is 10.1. The number of rotatable bonds is 4. The molecule has 0 aromatic heterocycles. The van der Waals surface area contributed by atoms with Crippen LogP contribution < -0.4 is 0 Å². The van der Waals surface area contributed by atoms with E-state index in [-0.39, 0.29) is 0 Å². The number of hydrogen-bond donors (Lipinski definition) is 1. The summed E-state index contributed by atoms with van der Waals surface area (Å²) < 4.78 is 0. The molecule has 0 aliphatic carbocycles. The lowest BCUT2D eigenvalue weighted by molar-refractivity contribution is -0.135.